The quantitative estimate of drug-likeness (QED) is 0.684. The van der Waals surface area contributed by atoms with Crippen LogP contribution in [0.1, 0.15) is 54.1 Å². The Morgan fingerprint density at radius 1 is 0.719 bits per heavy atom. The molecular formula is C23H38N8O. The van der Waals surface area contributed by atoms with Gasteiger partial charge in [-0.05, 0) is 39.8 Å². The smallest absolute Gasteiger partial charge is 0.125 e. The second kappa shape index (κ2) is 12.9. The van der Waals surface area contributed by atoms with Crippen molar-refractivity contribution in [2.24, 2.45) is 11.5 Å². The SMILES string of the molecule is Cc1ncc(C(CN)N2CCCCC2)cn1.Cc1ncc(C(CN)N2CCOCC2)cn1. The molecule has 4 heterocycles. The first-order valence-electron chi connectivity index (χ1n) is 11.7. The molecule has 0 aliphatic carbocycles. The topological polar surface area (TPSA) is 119 Å². The lowest BCUT2D eigenvalue weighted by molar-refractivity contribution is 0.0177. The summed E-state index contributed by atoms with van der Waals surface area (Å²) in [6, 6.07) is 0.505. The number of hydrogen-bond donors (Lipinski definition) is 2. The molecule has 32 heavy (non-hydrogen) atoms. The van der Waals surface area contributed by atoms with Crippen LogP contribution >= 0.6 is 0 Å². The highest BCUT2D eigenvalue weighted by Crippen LogP contribution is 2.22. The van der Waals surface area contributed by atoms with Crippen molar-refractivity contribution in [2.45, 2.75) is 45.2 Å². The van der Waals surface area contributed by atoms with E-state index in [2.05, 4.69) is 29.7 Å². The van der Waals surface area contributed by atoms with Gasteiger partial charge in [0, 0.05) is 62.1 Å². The Labute approximate surface area is 191 Å². The van der Waals surface area contributed by atoms with E-state index in [0.717, 1.165) is 62.2 Å². The lowest BCUT2D eigenvalue weighted by atomic mass is 10.0. The second-order valence-corrected chi connectivity index (χ2v) is 8.38. The van der Waals surface area contributed by atoms with Gasteiger partial charge in [0.2, 0.25) is 0 Å². The number of nitrogens with two attached hydrogens (primary N) is 2. The summed E-state index contributed by atoms with van der Waals surface area (Å²) >= 11 is 0. The standard InChI is InChI=1S/C12H20N4.C11H18N4O/c1-10-14-8-11(9-15-10)12(7-13)16-5-3-2-4-6-16;1-9-13-7-10(8-14-9)11(6-12)15-2-4-16-5-3-15/h8-9,12H,2-7,13H2,1H3;7-8,11H,2-6,12H2,1H3. The van der Waals surface area contributed by atoms with E-state index in [1.807, 2.05) is 38.6 Å². The predicted octanol–water partition coefficient (Wildman–Crippen LogP) is 1.39. The van der Waals surface area contributed by atoms with E-state index in [1.165, 1.54) is 19.3 Å². The lowest BCUT2D eigenvalue weighted by Gasteiger charge is -2.33. The number of ether oxygens (including phenoxy) is 1. The minimum absolute atomic E-state index is 0.212. The molecule has 0 bridgehead atoms. The van der Waals surface area contributed by atoms with Gasteiger partial charge in [-0.2, -0.15) is 0 Å². The van der Waals surface area contributed by atoms with Crippen LogP contribution in [0.15, 0.2) is 24.8 Å². The van der Waals surface area contributed by atoms with Crippen LogP contribution in [-0.4, -0.2) is 82.2 Å². The van der Waals surface area contributed by atoms with Crippen molar-refractivity contribution in [1.82, 2.24) is 29.7 Å². The molecule has 4 N–H and O–H groups in total. The number of aryl methyl sites for hydroxylation is 2. The van der Waals surface area contributed by atoms with Gasteiger partial charge in [-0.25, -0.2) is 19.9 Å². The Balaban J connectivity index is 0.000000181. The molecule has 2 fully saturated rings. The molecule has 2 aliphatic heterocycles. The van der Waals surface area contributed by atoms with Crippen molar-refractivity contribution in [3.63, 3.8) is 0 Å². The lowest BCUT2D eigenvalue weighted by Crippen LogP contribution is -2.41. The number of piperidine rings is 1. The Hall–Kier alpha value is -2.04. The van der Waals surface area contributed by atoms with Crippen molar-refractivity contribution in [3.8, 4) is 0 Å². The van der Waals surface area contributed by atoms with Crippen LogP contribution in [-0.2, 0) is 4.74 Å². The fraction of sp³-hybridized carbons (Fsp3) is 0.652. The van der Waals surface area contributed by atoms with E-state index in [0.29, 0.717) is 19.1 Å². The molecule has 0 saturated carbocycles. The van der Waals surface area contributed by atoms with E-state index >= 15 is 0 Å². The first-order chi connectivity index (χ1) is 15.6. The summed E-state index contributed by atoms with van der Waals surface area (Å²) in [5.41, 5.74) is 14.0. The molecule has 2 saturated heterocycles. The van der Waals surface area contributed by atoms with Gasteiger partial charge in [-0.15, -0.1) is 0 Å². The summed E-state index contributed by atoms with van der Waals surface area (Å²) in [4.78, 5) is 21.7. The van der Waals surface area contributed by atoms with Crippen LogP contribution in [0.2, 0.25) is 0 Å². The van der Waals surface area contributed by atoms with Crippen molar-refractivity contribution < 1.29 is 4.74 Å². The van der Waals surface area contributed by atoms with E-state index < -0.39 is 0 Å². The van der Waals surface area contributed by atoms with Gasteiger partial charge >= 0.3 is 0 Å². The molecule has 2 aromatic heterocycles. The Kier molecular flexibility index (Phi) is 9.89. The van der Waals surface area contributed by atoms with Crippen molar-refractivity contribution in [3.05, 3.63) is 47.6 Å². The maximum absolute atomic E-state index is 5.88. The van der Waals surface area contributed by atoms with Crippen molar-refractivity contribution in [1.29, 1.82) is 0 Å². The number of hydrogen-bond acceptors (Lipinski definition) is 9. The summed E-state index contributed by atoms with van der Waals surface area (Å²) in [6.07, 6.45) is 11.5. The molecular weight excluding hydrogens is 404 g/mol. The average molecular weight is 443 g/mol. The van der Waals surface area contributed by atoms with Crippen LogP contribution < -0.4 is 11.5 Å². The maximum Gasteiger partial charge on any atom is 0.125 e. The van der Waals surface area contributed by atoms with E-state index in [9.17, 15) is 0 Å². The van der Waals surface area contributed by atoms with Gasteiger partial charge in [-0.3, -0.25) is 9.80 Å². The fourth-order valence-corrected chi connectivity index (χ4v) is 4.26. The molecule has 2 aliphatic rings. The van der Waals surface area contributed by atoms with Gasteiger partial charge in [0.15, 0.2) is 0 Å². The fourth-order valence-electron chi connectivity index (χ4n) is 4.26. The molecule has 4 rings (SSSR count). The Bertz CT molecular complexity index is 706. The summed E-state index contributed by atoms with van der Waals surface area (Å²) in [7, 11) is 0. The highest BCUT2D eigenvalue weighted by molar-refractivity contribution is 5.12. The molecule has 176 valence electrons. The van der Waals surface area contributed by atoms with Gasteiger partial charge in [-0.1, -0.05) is 6.42 Å². The first kappa shape index (κ1) is 24.6. The number of rotatable bonds is 6. The summed E-state index contributed by atoms with van der Waals surface area (Å²) < 4.78 is 5.34. The molecule has 0 spiro atoms. The molecule has 2 aromatic rings. The molecule has 0 radical (unpaired) electrons. The molecule has 9 nitrogen and oxygen atoms in total. The van der Waals surface area contributed by atoms with Crippen LogP contribution in [0.25, 0.3) is 0 Å². The van der Waals surface area contributed by atoms with Gasteiger partial charge < -0.3 is 16.2 Å². The predicted molar refractivity (Wildman–Crippen MR) is 125 cm³/mol. The zero-order valence-corrected chi connectivity index (χ0v) is 19.5. The highest BCUT2D eigenvalue weighted by atomic mass is 16.5. The monoisotopic (exact) mass is 442 g/mol. The third-order valence-corrected chi connectivity index (χ3v) is 6.14. The van der Waals surface area contributed by atoms with Crippen molar-refractivity contribution >= 4 is 0 Å². The maximum atomic E-state index is 5.88. The minimum atomic E-state index is 0.212. The van der Waals surface area contributed by atoms with E-state index in [1.54, 1.807) is 0 Å². The van der Waals surface area contributed by atoms with Crippen LogP contribution in [0.3, 0.4) is 0 Å². The number of nitrogens with zero attached hydrogens (tertiary/aromatic N) is 6. The third kappa shape index (κ3) is 6.98. The summed E-state index contributed by atoms with van der Waals surface area (Å²) in [5, 5.41) is 0. The summed E-state index contributed by atoms with van der Waals surface area (Å²) in [6.45, 7) is 10.7. The largest absolute Gasteiger partial charge is 0.379 e. The Morgan fingerprint density at radius 2 is 1.12 bits per heavy atom. The minimum Gasteiger partial charge on any atom is -0.379 e. The molecule has 2 atom stereocenters. The van der Waals surface area contributed by atoms with Crippen LogP contribution in [0, 0.1) is 13.8 Å². The normalized spacial score (nSPS) is 19.6. The van der Waals surface area contributed by atoms with Gasteiger partial charge in [0.1, 0.15) is 11.6 Å². The number of aromatic nitrogens is 4. The first-order valence-corrected chi connectivity index (χ1v) is 11.7. The zero-order valence-electron chi connectivity index (χ0n) is 19.5. The number of morpholine rings is 1. The van der Waals surface area contributed by atoms with E-state index in [4.69, 9.17) is 16.2 Å². The van der Waals surface area contributed by atoms with Crippen LogP contribution in [0.4, 0.5) is 0 Å². The Morgan fingerprint density at radius 3 is 1.53 bits per heavy atom. The van der Waals surface area contributed by atoms with Crippen molar-refractivity contribution in [2.75, 3.05) is 52.5 Å². The molecule has 0 aromatic carbocycles. The van der Waals surface area contributed by atoms with Gasteiger partial charge in [0.25, 0.3) is 0 Å². The van der Waals surface area contributed by atoms with Gasteiger partial charge in [0.05, 0.1) is 25.3 Å². The van der Waals surface area contributed by atoms with E-state index in [-0.39, 0.29) is 6.04 Å². The summed E-state index contributed by atoms with van der Waals surface area (Å²) in [5.74, 6) is 1.61. The highest BCUT2D eigenvalue weighted by Gasteiger charge is 2.22. The second-order valence-electron chi connectivity index (χ2n) is 8.38. The third-order valence-electron chi connectivity index (χ3n) is 6.14. The number of likely N-dealkylation sites (tertiary alicyclic amines) is 1. The molecule has 2 unspecified atom stereocenters. The molecule has 9 heteroatoms. The zero-order chi connectivity index (χ0) is 22.8. The van der Waals surface area contributed by atoms with Crippen LogP contribution in [0.5, 0.6) is 0 Å². The average Bonchev–Trinajstić information content (AvgIpc) is 2.84. The molecule has 0 amide bonds.